The van der Waals surface area contributed by atoms with Gasteiger partial charge >= 0.3 is 11.9 Å². The molecule has 0 atom stereocenters. The second-order valence-corrected chi connectivity index (χ2v) is 3.13. The smallest absolute Gasteiger partial charge is 0.339 e. The Labute approximate surface area is 98.3 Å². The predicted octanol–water partition coefficient (Wildman–Crippen LogP) is 1.22. The number of aldehydes is 1. The maximum absolute atomic E-state index is 11.6. The third-order valence-corrected chi connectivity index (χ3v) is 2.02. The van der Waals surface area contributed by atoms with Crippen molar-refractivity contribution in [2.45, 2.75) is 6.42 Å². The second kappa shape index (κ2) is 6.42. The highest BCUT2D eigenvalue weighted by Crippen LogP contribution is 2.11. The summed E-state index contributed by atoms with van der Waals surface area (Å²) in [6, 6.07) is 6.18. The monoisotopic (exact) mass is 236 g/mol. The number of hydrogen-bond donors (Lipinski definition) is 0. The lowest BCUT2D eigenvalue weighted by molar-refractivity contribution is -0.108. The molecule has 17 heavy (non-hydrogen) atoms. The molecule has 0 radical (unpaired) electrons. The molecular formula is C12H12O5. The SMILES string of the molecule is COC(=O)c1ccccc1C(=O)OCCC=O. The van der Waals surface area contributed by atoms with Crippen LogP contribution in [-0.2, 0) is 14.3 Å². The molecule has 0 aliphatic carbocycles. The van der Waals surface area contributed by atoms with E-state index in [-0.39, 0.29) is 24.2 Å². The van der Waals surface area contributed by atoms with Crippen LogP contribution in [0.4, 0.5) is 0 Å². The molecule has 5 heteroatoms. The Morgan fingerprint density at radius 3 is 2.29 bits per heavy atom. The number of hydrogen-bond acceptors (Lipinski definition) is 5. The number of esters is 2. The molecule has 1 aromatic rings. The van der Waals surface area contributed by atoms with Gasteiger partial charge in [-0.1, -0.05) is 12.1 Å². The summed E-state index contributed by atoms with van der Waals surface area (Å²) in [5, 5.41) is 0. The summed E-state index contributed by atoms with van der Waals surface area (Å²) >= 11 is 0. The van der Waals surface area contributed by atoms with Crippen molar-refractivity contribution in [2.24, 2.45) is 0 Å². The van der Waals surface area contributed by atoms with E-state index >= 15 is 0 Å². The number of carbonyl (C=O) groups is 3. The molecule has 0 saturated heterocycles. The Morgan fingerprint density at radius 2 is 1.76 bits per heavy atom. The van der Waals surface area contributed by atoms with Crippen LogP contribution in [0.25, 0.3) is 0 Å². The third-order valence-electron chi connectivity index (χ3n) is 2.02. The molecule has 0 N–H and O–H groups in total. The summed E-state index contributed by atoms with van der Waals surface area (Å²) in [7, 11) is 1.23. The largest absolute Gasteiger partial charge is 0.465 e. The van der Waals surface area contributed by atoms with Gasteiger partial charge in [0.2, 0.25) is 0 Å². The Balaban J connectivity index is 2.85. The molecule has 0 bridgehead atoms. The van der Waals surface area contributed by atoms with Crippen LogP contribution in [0.15, 0.2) is 24.3 Å². The average molecular weight is 236 g/mol. The van der Waals surface area contributed by atoms with Crippen LogP contribution in [0.2, 0.25) is 0 Å². The van der Waals surface area contributed by atoms with E-state index < -0.39 is 11.9 Å². The van der Waals surface area contributed by atoms with Crippen molar-refractivity contribution in [1.29, 1.82) is 0 Å². The van der Waals surface area contributed by atoms with Gasteiger partial charge in [0.05, 0.1) is 24.8 Å². The summed E-state index contributed by atoms with van der Waals surface area (Å²) in [6.07, 6.45) is 0.783. The minimum atomic E-state index is -0.646. The van der Waals surface area contributed by atoms with Crippen LogP contribution in [0.1, 0.15) is 27.1 Å². The van der Waals surface area contributed by atoms with E-state index in [9.17, 15) is 14.4 Å². The fourth-order valence-electron chi connectivity index (χ4n) is 1.23. The zero-order valence-electron chi connectivity index (χ0n) is 9.34. The summed E-state index contributed by atoms with van der Waals surface area (Å²) in [5.74, 6) is -1.25. The van der Waals surface area contributed by atoms with Crippen LogP contribution in [0.5, 0.6) is 0 Å². The molecule has 0 aliphatic heterocycles. The summed E-state index contributed by atoms with van der Waals surface area (Å²) < 4.78 is 9.38. The second-order valence-electron chi connectivity index (χ2n) is 3.13. The van der Waals surface area contributed by atoms with E-state index in [0.29, 0.717) is 6.29 Å². The maximum atomic E-state index is 11.6. The number of ether oxygens (including phenoxy) is 2. The van der Waals surface area contributed by atoms with Gasteiger partial charge in [0.1, 0.15) is 6.29 Å². The number of carbonyl (C=O) groups excluding carboxylic acids is 3. The van der Waals surface area contributed by atoms with E-state index in [4.69, 9.17) is 4.74 Å². The van der Waals surface area contributed by atoms with Crippen molar-refractivity contribution in [3.63, 3.8) is 0 Å². The van der Waals surface area contributed by atoms with Gasteiger partial charge in [-0.15, -0.1) is 0 Å². The maximum Gasteiger partial charge on any atom is 0.339 e. The lowest BCUT2D eigenvalue weighted by Gasteiger charge is -2.06. The number of rotatable bonds is 5. The highest BCUT2D eigenvalue weighted by Gasteiger charge is 2.17. The molecule has 90 valence electrons. The van der Waals surface area contributed by atoms with Crippen molar-refractivity contribution in [3.05, 3.63) is 35.4 Å². The predicted molar refractivity (Wildman–Crippen MR) is 58.7 cm³/mol. The molecule has 0 heterocycles. The van der Waals surface area contributed by atoms with Gasteiger partial charge in [-0.25, -0.2) is 9.59 Å². The zero-order valence-corrected chi connectivity index (χ0v) is 9.34. The van der Waals surface area contributed by atoms with Crippen LogP contribution < -0.4 is 0 Å². The Hall–Kier alpha value is -2.17. The molecule has 0 saturated carbocycles. The van der Waals surface area contributed by atoms with Crippen molar-refractivity contribution < 1.29 is 23.9 Å². The lowest BCUT2D eigenvalue weighted by Crippen LogP contribution is -2.13. The Bertz CT molecular complexity index is 425. The fraction of sp³-hybridized carbons (Fsp3) is 0.250. The van der Waals surface area contributed by atoms with E-state index in [2.05, 4.69) is 4.74 Å². The minimum absolute atomic E-state index is 0.00214. The first kappa shape index (κ1) is 12.9. The normalized spacial score (nSPS) is 9.47. The van der Waals surface area contributed by atoms with Crippen molar-refractivity contribution in [1.82, 2.24) is 0 Å². The molecule has 0 spiro atoms. The van der Waals surface area contributed by atoms with Crippen molar-refractivity contribution in [3.8, 4) is 0 Å². The van der Waals surface area contributed by atoms with E-state index in [1.807, 2.05) is 0 Å². The van der Waals surface area contributed by atoms with Crippen molar-refractivity contribution >= 4 is 18.2 Å². The average Bonchev–Trinajstić information content (AvgIpc) is 2.38. The summed E-state index contributed by atoms with van der Waals surface area (Å²) in [4.78, 5) is 33.1. The molecule has 1 aromatic carbocycles. The zero-order chi connectivity index (χ0) is 12.7. The fourth-order valence-corrected chi connectivity index (χ4v) is 1.23. The Kier molecular flexibility index (Phi) is 4.87. The quantitative estimate of drug-likeness (QED) is 0.436. The van der Waals surface area contributed by atoms with Crippen LogP contribution in [-0.4, -0.2) is 31.9 Å². The molecular weight excluding hydrogens is 224 g/mol. The third kappa shape index (κ3) is 3.41. The summed E-state index contributed by atoms with van der Waals surface area (Å²) in [6.45, 7) is -0.00214. The molecule has 0 aliphatic rings. The van der Waals surface area contributed by atoms with Gasteiger partial charge < -0.3 is 14.3 Å². The first-order chi connectivity index (χ1) is 8.20. The Morgan fingerprint density at radius 1 is 1.18 bits per heavy atom. The standard InChI is InChI=1S/C12H12O5/c1-16-11(14)9-5-2-3-6-10(9)12(15)17-8-4-7-13/h2-3,5-7H,4,8H2,1H3. The molecule has 0 unspecified atom stereocenters. The lowest BCUT2D eigenvalue weighted by atomic mass is 10.1. The van der Waals surface area contributed by atoms with E-state index in [0.717, 1.165) is 0 Å². The molecule has 1 rings (SSSR count). The first-order valence-corrected chi connectivity index (χ1v) is 4.98. The minimum Gasteiger partial charge on any atom is -0.465 e. The van der Waals surface area contributed by atoms with Crippen LogP contribution in [0.3, 0.4) is 0 Å². The molecule has 0 amide bonds. The van der Waals surface area contributed by atoms with Gasteiger partial charge in [0, 0.05) is 6.42 Å². The van der Waals surface area contributed by atoms with E-state index in [1.165, 1.54) is 19.2 Å². The van der Waals surface area contributed by atoms with Crippen LogP contribution in [0, 0.1) is 0 Å². The first-order valence-electron chi connectivity index (χ1n) is 4.98. The highest BCUT2D eigenvalue weighted by molar-refractivity contribution is 6.03. The van der Waals surface area contributed by atoms with Crippen molar-refractivity contribution in [2.75, 3.05) is 13.7 Å². The highest BCUT2D eigenvalue weighted by atomic mass is 16.5. The van der Waals surface area contributed by atoms with Gasteiger partial charge in [-0.3, -0.25) is 0 Å². The van der Waals surface area contributed by atoms with E-state index in [1.54, 1.807) is 12.1 Å². The van der Waals surface area contributed by atoms with Gasteiger partial charge in [-0.2, -0.15) is 0 Å². The van der Waals surface area contributed by atoms with Gasteiger partial charge in [0.15, 0.2) is 0 Å². The molecule has 0 aromatic heterocycles. The van der Waals surface area contributed by atoms with Gasteiger partial charge in [-0.05, 0) is 12.1 Å². The van der Waals surface area contributed by atoms with Crippen LogP contribution >= 0.6 is 0 Å². The number of methoxy groups -OCH3 is 1. The molecule has 0 fully saturated rings. The summed E-state index contributed by atoms with van der Waals surface area (Å²) in [5.41, 5.74) is 0.274. The number of benzene rings is 1. The molecule has 5 nitrogen and oxygen atoms in total. The topological polar surface area (TPSA) is 69.7 Å². The van der Waals surface area contributed by atoms with Gasteiger partial charge in [0.25, 0.3) is 0 Å².